The summed E-state index contributed by atoms with van der Waals surface area (Å²) in [6.07, 6.45) is 4.98. The topological polar surface area (TPSA) is 128 Å². The highest BCUT2D eigenvalue weighted by molar-refractivity contribution is 8.13. The lowest BCUT2D eigenvalue weighted by Crippen LogP contribution is -2.22. The number of para-hydroxylation sites is 2. The molecule has 0 bridgehead atoms. The minimum atomic E-state index is -0.374. The third-order valence-electron chi connectivity index (χ3n) is 6.52. The predicted octanol–water partition coefficient (Wildman–Crippen LogP) is 3.28. The Morgan fingerprint density at radius 1 is 0.971 bits per heavy atom. The first-order valence-electron chi connectivity index (χ1n) is 11.5. The zero-order valence-corrected chi connectivity index (χ0v) is 19.7. The SMILES string of the molecule is N=C(N)SCCCn1cc(C2=C(c3cn(C4CN4)c4ccccc34)C(=O)NC2=O)c2ccccc21. The second-order valence-corrected chi connectivity index (χ2v) is 9.88. The standard InChI is InChI=1S/C26H24N6O2S/c27-26(28)35-11-5-10-31-13-17(15-6-1-3-8-19(15)31)22-23(25(34)30-24(22)33)18-14-32(21-12-29-21)20-9-4-2-7-16(18)20/h1-4,6-9,13-14,21,29H,5,10-12H2,(H3,27,28)(H,30,33,34). The Morgan fingerprint density at radius 3 is 2.23 bits per heavy atom. The number of carbonyl (C=O) groups is 2. The maximum Gasteiger partial charge on any atom is 0.259 e. The van der Waals surface area contributed by atoms with Crippen LogP contribution < -0.4 is 16.4 Å². The van der Waals surface area contributed by atoms with Gasteiger partial charge in [0.25, 0.3) is 11.8 Å². The second kappa shape index (κ2) is 8.44. The number of thioether (sulfide) groups is 1. The number of aromatic nitrogens is 2. The average molecular weight is 485 g/mol. The normalized spacial score (nSPS) is 17.5. The molecule has 0 spiro atoms. The van der Waals surface area contributed by atoms with Gasteiger partial charge in [-0.05, 0) is 18.6 Å². The van der Waals surface area contributed by atoms with Gasteiger partial charge in [0.1, 0.15) is 0 Å². The van der Waals surface area contributed by atoms with Gasteiger partial charge in [0, 0.05) is 58.7 Å². The number of imide groups is 1. The van der Waals surface area contributed by atoms with Crippen LogP contribution in [0.1, 0.15) is 23.7 Å². The number of amides is 2. The van der Waals surface area contributed by atoms with E-state index in [1.54, 1.807) is 0 Å². The number of carbonyl (C=O) groups excluding carboxylic acids is 2. The van der Waals surface area contributed by atoms with Gasteiger partial charge in [-0.2, -0.15) is 0 Å². The zero-order valence-electron chi connectivity index (χ0n) is 18.9. The molecular formula is C26H24N6O2S. The predicted molar refractivity (Wildman–Crippen MR) is 140 cm³/mol. The Labute approximate surface area is 205 Å². The van der Waals surface area contributed by atoms with Crippen molar-refractivity contribution in [2.24, 2.45) is 5.73 Å². The smallest absolute Gasteiger partial charge is 0.259 e. The van der Waals surface area contributed by atoms with Crippen molar-refractivity contribution in [1.29, 1.82) is 5.41 Å². The van der Waals surface area contributed by atoms with E-state index in [1.165, 1.54) is 11.8 Å². The zero-order chi connectivity index (χ0) is 24.1. The summed E-state index contributed by atoms with van der Waals surface area (Å²) in [5.41, 5.74) is 9.84. The molecule has 1 saturated heterocycles. The minimum Gasteiger partial charge on any atom is -0.379 e. The third-order valence-corrected chi connectivity index (χ3v) is 7.33. The van der Waals surface area contributed by atoms with Gasteiger partial charge in [0.15, 0.2) is 5.17 Å². The highest BCUT2D eigenvalue weighted by atomic mass is 32.2. The first kappa shape index (κ1) is 21.7. The molecule has 0 radical (unpaired) electrons. The fourth-order valence-corrected chi connectivity index (χ4v) is 5.42. The molecule has 176 valence electrons. The number of hydrogen-bond donors (Lipinski definition) is 4. The largest absolute Gasteiger partial charge is 0.379 e. The summed E-state index contributed by atoms with van der Waals surface area (Å²) in [5.74, 6) is -0.00789. The Balaban J connectivity index is 1.51. The van der Waals surface area contributed by atoms with E-state index in [1.807, 2.05) is 60.9 Å². The van der Waals surface area contributed by atoms with E-state index in [4.69, 9.17) is 11.1 Å². The number of aryl methyl sites for hydroxylation is 1. The number of rotatable bonds is 7. The first-order valence-corrected chi connectivity index (χ1v) is 12.5. The quantitative estimate of drug-likeness (QED) is 0.105. The van der Waals surface area contributed by atoms with Crippen LogP contribution in [0.3, 0.4) is 0 Å². The average Bonchev–Trinajstić information content (AvgIpc) is 3.44. The highest BCUT2D eigenvalue weighted by Gasteiger charge is 2.36. The number of nitrogens with one attached hydrogen (secondary N) is 3. The van der Waals surface area contributed by atoms with E-state index in [9.17, 15) is 9.59 Å². The van der Waals surface area contributed by atoms with Crippen LogP contribution in [0.15, 0.2) is 60.9 Å². The molecule has 1 atom stereocenters. The Hall–Kier alpha value is -3.82. The molecule has 2 aliphatic heterocycles. The van der Waals surface area contributed by atoms with Gasteiger partial charge in [0.2, 0.25) is 0 Å². The van der Waals surface area contributed by atoms with E-state index in [0.29, 0.717) is 17.7 Å². The fourth-order valence-electron chi connectivity index (χ4n) is 4.93. The molecule has 5 N–H and O–H groups in total. The van der Waals surface area contributed by atoms with Crippen LogP contribution in [0.4, 0.5) is 0 Å². The molecule has 2 aromatic heterocycles. The van der Waals surface area contributed by atoms with Crippen LogP contribution in [-0.2, 0) is 16.1 Å². The Morgan fingerprint density at radius 2 is 1.57 bits per heavy atom. The van der Waals surface area contributed by atoms with Crippen LogP contribution in [0, 0.1) is 5.41 Å². The van der Waals surface area contributed by atoms with Gasteiger partial charge in [0.05, 0.1) is 22.8 Å². The summed E-state index contributed by atoms with van der Waals surface area (Å²) in [7, 11) is 0. The number of hydrogen-bond acceptors (Lipinski definition) is 5. The van der Waals surface area contributed by atoms with Crippen LogP contribution >= 0.6 is 11.8 Å². The maximum absolute atomic E-state index is 13.2. The molecule has 2 aromatic carbocycles. The van der Waals surface area contributed by atoms with Crippen molar-refractivity contribution < 1.29 is 9.59 Å². The lowest BCUT2D eigenvalue weighted by molar-refractivity contribution is -0.122. The molecule has 0 aliphatic carbocycles. The van der Waals surface area contributed by atoms with Crippen molar-refractivity contribution >= 4 is 61.7 Å². The van der Waals surface area contributed by atoms with Crippen molar-refractivity contribution in [3.05, 3.63) is 72.1 Å². The Bertz CT molecular complexity index is 1560. The maximum atomic E-state index is 13.2. The molecule has 8 nitrogen and oxygen atoms in total. The van der Waals surface area contributed by atoms with Crippen LogP contribution in [-0.4, -0.2) is 38.4 Å². The van der Waals surface area contributed by atoms with Gasteiger partial charge in [-0.3, -0.25) is 25.6 Å². The van der Waals surface area contributed by atoms with E-state index in [-0.39, 0.29) is 23.1 Å². The van der Waals surface area contributed by atoms with Gasteiger partial charge in [-0.15, -0.1) is 0 Å². The van der Waals surface area contributed by atoms with Gasteiger partial charge in [-0.25, -0.2) is 0 Å². The van der Waals surface area contributed by atoms with Crippen LogP contribution in [0.5, 0.6) is 0 Å². The fraction of sp³-hybridized carbons (Fsp3) is 0.192. The molecule has 2 aliphatic rings. The van der Waals surface area contributed by atoms with Gasteiger partial charge in [-0.1, -0.05) is 48.2 Å². The lowest BCUT2D eigenvalue weighted by atomic mass is 9.95. The summed E-state index contributed by atoms with van der Waals surface area (Å²) < 4.78 is 4.25. The molecule has 4 aromatic rings. The highest BCUT2D eigenvalue weighted by Crippen LogP contribution is 2.40. The summed E-state index contributed by atoms with van der Waals surface area (Å²) >= 11 is 1.32. The second-order valence-electron chi connectivity index (χ2n) is 8.74. The molecular weight excluding hydrogens is 460 g/mol. The minimum absolute atomic E-state index is 0.111. The van der Waals surface area contributed by atoms with Crippen molar-refractivity contribution in [3.63, 3.8) is 0 Å². The molecule has 1 unspecified atom stereocenters. The van der Waals surface area contributed by atoms with E-state index in [2.05, 4.69) is 19.8 Å². The van der Waals surface area contributed by atoms with Crippen LogP contribution in [0.25, 0.3) is 33.0 Å². The number of nitrogens with two attached hydrogens (primary N) is 1. The molecule has 2 amide bonds. The molecule has 0 saturated carbocycles. The first-order chi connectivity index (χ1) is 17.0. The summed E-state index contributed by atoms with van der Waals surface area (Å²) in [6.45, 7) is 1.59. The summed E-state index contributed by atoms with van der Waals surface area (Å²) in [4.78, 5) is 26.4. The molecule has 9 heteroatoms. The van der Waals surface area contributed by atoms with Gasteiger partial charge >= 0.3 is 0 Å². The van der Waals surface area contributed by atoms with E-state index in [0.717, 1.165) is 51.7 Å². The van der Waals surface area contributed by atoms with Crippen molar-refractivity contribution in [3.8, 4) is 0 Å². The van der Waals surface area contributed by atoms with E-state index >= 15 is 0 Å². The van der Waals surface area contributed by atoms with Crippen molar-refractivity contribution in [2.45, 2.75) is 19.1 Å². The third kappa shape index (κ3) is 3.73. The summed E-state index contributed by atoms with van der Waals surface area (Å²) in [6, 6.07) is 15.9. The monoisotopic (exact) mass is 484 g/mol. The molecule has 1 fully saturated rings. The van der Waals surface area contributed by atoms with Crippen LogP contribution in [0.2, 0.25) is 0 Å². The molecule has 35 heavy (non-hydrogen) atoms. The number of amidine groups is 1. The molecule has 6 rings (SSSR count). The lowest BCUT2D eigenvalue weighted by Gasteiger charge is -2.04. The Kier molecular flexibility index (Phi) is 5.23. The number of benzene rings is 2. The molecule has 4 heterocycles. The van der Waals surface area contributed by atoms with E-state index < -0.39 is 0 Å². The van der Waals surface area contributed by atoms with Crippen molar-refractivity contribution in [1.82, 2.24) is 19.8 Å². The summed E-state index contributed by atoms with van der Waals surface area (Å²) in [5, 5.41) is 15.3. The number of fused-ring (bicyclic) bond motifs is 2. The number of nitrogens with zero attached hydrogens (tertiary/aromatic N) is 2. The van der Waals surface area contributed by atoms with Crippen molar-refractivity contribution in [2.75, 3.05) is 12.3 Å². The van der Waals surface area contributed by atoms with Gasteiger partial charge < -0.3 is 14.9 Å².